The highest BCUT2D eigenvalue weighted by atomic mass is 16.6. The van der Waals surface area contributed by atoms with Crippen molar-refractivity contribution < 1.29 is 9.66 Å². The standard InChI is InChI=1S/C27H24N4O4/c1-18(2)19-6-5-7-20(16-19)26-22-8-3-4-9-23(22)27(32)30(28-26)25-17-21(10-11-24(25)31(33)34)29-12-14-35-15-13-29/h3-11,16-17H,1,12-15H2,2H3. The first-order valence-corrected chi connectivity index (χ1v) is 11.3. The molecular weight excluding hydrogens is 444 g/mol. The number of allylic oxidation sites excluding steroid dienone is 1. The normalized spacial score (nSPS) is 13.7. The summed E-state index contributed by atoms with van der Waals surface area (Å²) in [6.45, 7) is 8.42. The van der Waals surface area contributed by atoms with E-state index in [1.54, 1.807) is 24.3 Å². The van der Waals surface area contributed by atoms with Crippen molar-refractivity contribution in [2.45, 2.75) is 6.92 Å². The van der Waals surface area contributed by atoms with Gasteiger partial charge in [0.15, 0.2) is 0 Å². The maximum atomic E-state index is 13.6. The lowest BCUT2D eigenvalue weighted by Gasteiger charge is -2.29. The molecule has 1 aliphatic heterocycles. The van der Waals surface area contributed by atoms with Crippen molar-refractivity contribution in [1.29, 1.82) is 0 Å². The minimum absolute atomic E-state index is 0.132. The highest BCUT2D eigenvalue weighted by Gasteiger charge is 2.23. The fourth-order valence-electron chi connectivity index (χ4n) is 4.35. The van der Waals surface area contributed by atoms with E-state index < -0.39 is 10.5 Å². The van der Waals surface area contributed by atoms with Gasteiger partial charge in [-0.3, -0.25) is 14.9 Å². The highest BCUT2D eigenvalue weighted by molar-refractivity contribution is 5.94. The second-order valence-electron chi connectivity index (χ2n) is 8.50. The van der Waals surface area contributed by atoms with Crippen molar-refractivity contribution >= 4 is 27.7 Å². The number of nitrogens with zero attached hydrogens (tertiary/aromatic N) is 4. The van der Waals surface area contributed by atoms with Crippen molar-refractivity contribution in [3.05, 3.63) is 99.3 Å². The van der Waals surface area contributed by atoms with Gasteiger partial charge in [-0.1, -0.05) is 48.6 Å². The van der Waals surface area contributed by atoms with E-state index in [2.05, 4.69) is 11.5 Å². The number of benzene rings is 3. The van der Waals surface area contributed by atoms with E-state index >= 15 is 0 Å². The van der Waals surface area contributed by atoms with Crippen LogP contribution in [0.3, 0.4) is 0 Å². The SMILES string of the molecule is C=C(C)c1cccc(-c2nn(-c3cc(N4CCOCC4)ccc3[N+](=O)[O-])c(=O)c3ccccc23)c1. The second kappa shape index (κ2) is 9.15. The number of ether oxygens (including phenoxy) is 1. The van der Waals surface area contributed by atoms with Gasteiger partial charge in [0.25, 0.3) is 11.2 Å². The average Bonchev–Trinajstić information content (AvgIpc) is 2.89. The zero-order valence-electron chi connectivity index (χ0n) is 19.3. The molecule has 0 saturated carbocycles. The molecule has 0 aliphatic carbocycles. The van der Waals surface area contributed by atoms with Crippen LogP contribution < -0.4 is 10.5 Å². The summed E-state index contributed by atoms with van der Waals surface area (Å²) >= 11 is 0. The van der Waals surface area contributed by atoms with E-state index in [-0.39, 0.29) is 11.4 Å². The summed E-state index contributed by atoms with van der Waals surface area (Å²) in [6.07, 6.45) is 0. The number of anilines is 1. The largest absolute Gasteiger partial charge is 0.378 e. The molecule has 8 nitrogen and oxygen atoms in total. The van der Waals surface area contributed by atoms with Crippen LogP contribution >= 0.6 is 0 Å². The number of aromatic nitrogens is 2. The predicted octanol–water partition coefficient (Wildman–Crippen LogP) is 4.83. The fourth-order valence-corrected chi connectivity index (χ4v) is 4.35. The number of hydrogen-bond donors (Lipinski definition) is 0. The van der Waals surface area contributed by atoms with Crippen molar-refractivity contribution in [2.75, 3.05) is 31.2 Å². The summed E-state index contributed by atoms with van der Waals surface area (Å²) in [7, 11) is 0. The molecule has 3 aromatic carbocycles. The maximum absolute atomic E-state index is 13.6. The first-order valence-electron chi connectivity index (χ1n) is 11.3. The molecule has 0 unspecified atom stereocenters. The Labute approximate surface area is 201 Å². The van der Waals surface area contributed by atoms with E-state index in [1.807, 2.05) is 43.3 Å². The fraction of sp³-hybridized carbons (Fsp3) is 0.185. The van der Waals surface area contributed by atoms with Crippen LogP contribution in [0.1, 0.15) is 12.5 Å². The molecule has 0 bridgehead atoms. The van der Waals surface area contributed by atoms with Gasteiger partial charge in [-0.2, -0.15) is 9.78 Å². The third kappa shape index (κ3) is 4.20. The minimum atomic E-state index is -0.483. The first kappa shape index (κ1) is 22.5. The lowest BCUT2D eigenvalue weighted by atomic mass is 10.0. The van der Waals surface area contributed by atoms with Gasteiger partial charge in [0, 0.05) is 35.8 Å². The van der Waals surface area contributed by atoms with Crippen molar-refractivity contribution in [2.24, 2.45) is 0 Å². The minimum Gasteiger partial charge on any atom is -0.378 e. The number of nitro benzene ring substituents is 1. The highest BCUT2D eigenvalue weighted by Crippen LogP contribution is 2.31. The number of fused-ring (bicyclic) bond motifs is 1. The molecule has 4 aromatic rings. The van der Waals surface area contributed by atoms with E-state index in [1.165, 1.54) is 6.07 Å². The molecule has 0 N–H and O–H groups in total. The summed E-state index contributed by atoms with van der Waals surface area (Å²) in [5.41, 5.74) is 3.52. The third-order valence-corrected chi connectivity index (χ3v) is 6.19. The van der Waals surface area contributed by atoms with Crippen LogP contribution in [-0.2, 0) is 4.74 Å². The lowest BCUT2D eigenvalue weighted by molar-refractivity contribution is -0.384. The van der Waals surface area contributed by atoms with Crippen LogP contribution in [0, 0.1) is 10.1 Å². The Morgan fingerprint density at radius 1 is 1.03 bits per heavy atom. The summed E-state index contributed by atoms with van der Waals surface area (Å²) in [6, 6.07) is 19.7. The molecule has 8 heteroatoms. The van der Waals surface area contributed by atoms with Crippen LogP contribution in [0.15, 0.2) is 78.1 Å². The number of rotatable bonds is 5. The third-order valence-electron chi connectivity index (χ3n) is 6.19. The molecule has 1 aromatic heterocycles. The zero-order valence-corrected chi connectivity index (χ0v) is 19.3. The van der Waals surface area contributed by atoms with Gasteiger partial charge in [0.2, 0.25) is 0 Å². The number of nitro groups is 1. The van der Waals surface area contributed by atoms with Gasteiger partial charge in [0.05, 0.1) is 29.2 Å². The van der Waals surface area contributed by atoms with Crippen LogP contribution in [-0.4, -0.2) is 41.0 Å². The molecule has 1 fully saturated rings. The Hall–Kier alpha value is -4.30. The average molecular weight is 469 g/mol. The Kier molecular flexibility index (Phi) is 5.88. The van der Waals surface area contributed by atoms with Crippen molar-refractivity contribution in [3.8, 4) is 16.9 Å². The Morgan fingerprint density at radius 2 is 1.77 bits per heavy atom. The smallest absolute Gasteiger partial charge is 0.295 e. The Morgan fingerprint density at radius 3 is 2.49 bits per heavy atom. The van der Waals surface area contributed by atoms with Gasteiger partial charge in [-0.25, -0.2) is 0 Å². The van der Waals surface area contributed by atoms with E-state index in [4.69, 9.17) is 9.84 Å². The van der Waals surface area contributed by atoms with Crippen molar-refractivity contribution in [1.82, 2.24) is 9.78 Å². The Bertz CT molecular complexity index is 1520. The van der Waals surface area contributed by atoms with Crippen LogP contribution in [0.4, 0.5) is 11.4 Å². The van der Waals surface area contributed by atoms with E-state index in [0.717, 1.165) is 27.1 Å². The molecule has 35 heavy (non-hydrogen) atoms. The number of hydrogen-bond acceptors (Lipinski definition) is 6. The van der Waals surface area contributed by atoms with Crippen LogP contribution in [0.2, 0.25) is 0 Å². The molecule has 0 spiro atoms. The molecule has 0 radical (unpaired) electrons. The van der Waals surface area contributed by atoms with Gasteiger partial charge >= 0.3 is 0 Å². The predicted molar refractivity (Wildman–Crippen MR) is 137 cm³/mol. The first-order chi connectivity index (χ1) is 16.9. The molecule has 1 aliphatic rings. The van der Waals surface area contributed by atoms with Crippen LogP contribution in [0.5, 0.6) is 0 Å². The molecular formula is C27H24N4O4. The van der Waals surface area contributed by atoms with Crippen molar-refractivity contribution in [3.63, 3.8) is 0 Å². The van der Waals surface area contributed by atoms with Gasteiger partial charge < -0.3 is 9.64 Å². The molecule has 176 valence electrons. The topological polar surface area (TPSA) is 90.5 Å². The quantitative estimate of drug-likeness (QED) is 0.308. The zero-order chi connectivity index (χ0) is 24.5. The van der Waals surface area contributed by atoms with Gasteiger partial charge in [-0.15, -0.1) is 0 Å². The molecule has 1 saturated heterocycles. The molecule has 5 rings (SSSR count). The second-order valence-corrected chi connectivity index (χ2v) is 8.50. The summed E-state index contributed by atoms with van der Waals surface area (Å²) in [5.74, 6) is 0. The summed E-state index contributed by atoms with van der Waals surface area (Å²) < 4.78 is 6.59. The van der Waals surface area contributed by atoms with E-state index in [0.29, 0.717) is 42.8 Å². The Balaban J connectivity index is 1.78. The maximum Gasteiger partial charge on any atom is 0.295 e. The van der Waals surface area contributed by atoms with Crippen LogP contribution in [0.25, 0.3) is 33.3 Å². The van der Waals surface area contributed by atoms with Gasteiger partial charge in [0.1, 0.15) is 5.69 Å². The summed E-state index contributed by atoms with van der Waals surface area (Å²) in [4.78, 5) is 27.1. The molecule has 0 amide bonds. The molecule has 0 atom stereocenters. The molecule has 2 heterocycles. The van der Waals surface area contributed by atoms with E-state index in [9.17, 15) is 14.9 Å². The summed E-state index contributed by atoms with van der Waals surface area (Å²) in [5, 5.41) is 17.8. The number of morpholine rings is 1. The van der Waals surface area contributed by atoms with Gasteiger partial charge in [-0.05, 0) is 36.8 Å². The lowest BCUT2D eigenvalue weighted by Crippen LogP contribution is -2.36. The monoisotopic (exact) mass is 468 g/mol.